The van der Waals surface area contributed by atoms with Gasteiger partial charge in [0.2, 0.25) is 5.88 Å². The van der Waals surface area contributed by atoms with E-state index >= 15 is 0 Å². The molecule has 21 heavy (non-hydrogen) atoms. The quantitative estimate of drug-likeness (QED) is 0.485. The van der Waals surface area contributed by atoms with E-state index in [2.05, 4.69) is 48.5 Å². The summed E-state index contributed by atoms with van der Waals surface area (Å²) in [5.41, 5.74) is 2.30. The van der Waals surface area contributed by atoms with Crippen molar-refractivity contribution in [1.29, 1.82) is 0 Å². The highest BCUT2D eigenvalue weighted by Crippen LogP contribution is 2.25. The van der Waals surface area contributed by atoms with Gasteiger partial charge in [-0.2, -0.15) is 0 Å². The second-order valence-electron chi connectivity index (χ2n) is 6.34. The van der Waals surface area contributed by atoms with E-state index in [0.717, 1.165) is 17.3 Å². The maximum atomic E-state index is 6.06. The van der Waals surface area contributed by atoms with Gasteiger partial charge in [0.1, 0.15) is 5.75 Å². The Morgan fingerprint density at radius 3 is 2.00 bits per heavy atom. The van der Waals surface area contributed by atoms with Crippen LogP contribution in [0.1, 0.15) is 48.5 Å². The molecule has 0 aliphatic rings. The van der Waals surface area contributed by atoms with Crippen LogP contribution in [0, 0.1) is 17.8 Å². The second-order valence-corrected chi connectivity index (χ2v) is 6.34. The van der Waals surface area contributed by atoms with Crippen molar-refractivity contribution in [3.63, 3.8) is 0 Å². The lowest BCUT2D eigenvalue weighted by Crippen LogP contribution is -2.12. The van der Waals surface area contributed by atoms with E-state index in [-0.39, 0.29) is 0 Å². The Balaban J connectivity index is 3.17. The van der Waals surface area contributed by atoms with Gasteiger partial charge in [-0.15, -0.1) is 0 Å². The van der Waals surface area contributed by atoms with E-state index in [1.807, 2.05) is 30.3 Å². The molecule has 1 atom stereocenters. The fourth-order valence-electron chi connectivity index (χ4n) is 1.78. The normalized spacial score (nSPS) is 15.2. The fourth-order valence-corrected chi connectivity index (χ4v) is 1.78. The van der Waals surface area contributed by atoms with Crippen LogP contribution in [0.5, 0.6) is 5.75 Å². The third-order valence-corrected chi connectivity index (χ3v) is 4.09. The molecule has 0 saturated heterocycles. The molecule has 1 rings (SSSR count). The number of hydrogen-bond acceptors (Lipinski definition) is 2. The first-order chi connectivity index (χ1) is 9.82. The zero-order chi connectivity index (χ0) is 16.0. The van der Waals surface area contributed by atoms with Gasteiger partial charge in [0.15, 0.2) is 0 Å². The smallest absolute Gasteiger partial charge is 0.218 e. The summed E-state index contributed by atoms with van der Waals surface area (Å²) in [4.78, 5) is 4.75. The number of benzene rings is 1. The average Bonchev–Trinajstić information content (AvgIpc) is 2.45. The molecular weight excluding hydrogens is 258 g/mol. The van der Waals surface area contributed by atoms with E-state index in [1.165, 1.54) is 5.57 Å². The summed E-state index contributed by atoms with van der Waals surface area (Å²) in [7, 11) is 0. The van der Waals surface area contributed by atoms with Crippen LogP contribution in [-0.4, -0.2) is 5.71 Å². The fraction of sp³-hybridized carbons (Fsp3) is 0.526. The molecule has 0 fully saturated rings. The van der Waals surface area contributed by atoms with E-state index in [9.17, 15) is 0 Å². The predicted octanol–water partition coefficient (Wildman–Crippen LogP) is 5.71. The molecule has 0 heterocycles. The number of allylic oxidation sites excluding steroid dienone is 1. The van der Waals surface area contributed by atoms with Crippen molar-refractivity contribution >= 4 is 5.71 Å². The molecule has 116 valence electrons. The maximum Gasteiger partial charge on any atom is 0.218 e. The highest BCUT2D eigenvalue weighted by atomic mass is 16.5. The molecule has 0 saturated carbocycles. The zero-order valence-electron chi connectivity index (χ0n) is 14.5. The Bertz CT molecular complexity index is 498. The summed E-state index contributed by atoms with van der Waals surface area (Å²) >= 11 is 0. The SMILES string of the molecule is C/C(=C(\N=C(/C)C(C)C)Oc1ccccc1)C(C)C(C)C. The van der Waals surface area contributed by atoms with Crippen LogP contribution in [0.3, 0.4) is 0 Å². The third kappa shape index (κ3) is 5.37. The van der Waals surface area contributed by atoms with Crippen LogP contribution in [0.25, 0.3) is 0 Å². The topological polar surface area (TPSA) is 21.6 Å². The first kappa shape index (κ1) is 17.5. The second kappa shape index (κ2) is 8.02. The van der Waals surface area contributed by atoms with Crippen molar-refractivity contribution in [2.24, 2.45) is 22.7 Å². The van der Waals surface area contributed by atoms with Gasteiger partial charge in [0.25, 0.3) is 0 Å². The summed E-state index contributed by atoms with van der Waals surface area (Å²) in [5.74, 6) is 3.00. The van der Waals surface area contributed by atoms with Crippen LogP contribution in [0.2, 0.25) is 0 Å². The van der Waals surface area contributed by atoms with Crippen LogP contribution >= 0.6 is 0 Å². The monoisotopic (exact) mass is 287 g/mol. The number of hydrogen-bond donors (Lipinski definition) is 0. The molecule has 0 radical (unpaired) electrons. The van der Waals surface area contributed by atoms with Gasteiger partial charge in [-0.05, 0) is 49.3 Å². The molecule has 2 heteroatoms. The number of nitrogens with zero attached hydrogens (tertiary/aromatic N) is 1. The summed E-state index contributed by atoms with van der Waals surface area (Å²) in [5, 5.41) is 0. The van der Waals surface area contributed by atoms with Gasteiger partial charge in [-0.25, -0.2) is 4.99 Å². The summed E-state index contributed by atoms with van der Waals surface area (Å²) in [6, 6.07) is 9.88. The van der Waals surface area contributed by atoms with Gasteiger partial charge >= 0.3 is 0 Å². The van der Waals surface area contributed by atoms with E-state index in [4.69, 9.17) is 9.73 Å². The Labute approximate surface area is 129 Å². The maximum absolute atomic E-state index is 6.06. The Kier molecular flexibility index (Phi) is 6.67. The number of rotatable bonds is 6. The van der Waals surface area contributed by atoms with Crippen LogP contribution in [0.15, 0.2) is 46.8 Å². The van der Waals surface area contributed by atoms with Gasteiger partial charge in [0, 0.05) is 5.71 Å². The first-order valence-electron chi connectivity index (χ1n) is 7.81. The van der Waals surface area contributed by atoms with Crippen molar-refractivity contribution in [3.8, 4) is 5.75 Å². The molecule has 0 spiro atoms. The third-order valence-electron chi connectivity index (χ3n) is 4.09. The van der Waals surface area contributed by atoms with Crippen molar-refractivity contribution in [3.05, 3.63) is 41.8 Å². The zero-order valence-corrected chi connectivity index (χ0v) is 14.5. The number of aliphatic imine (C=N–C) groups is 1. The Morgan fingerprint density at radius 2 is 1.52 bits per heavy atom. The van der Waals surface area contributed by atoms with Crippen LogP contribution < -0.4 is 4.74 Å². The van der Waals surface area contributed by atoms with Crippen LogP contribution in [0.4, 0.5) is 0 Å². The molecule has 0 bridgehead atoms. The minimum absolute atomic E-state index is 0.418. The molecule has 0 aliphatic heterocycles. The Morgan fingerprint density at radius 1 is 0.952 bits per heavy atom. The minimum Gasteiger partial charge on any atom is -0.439 e. The lowest BCUT2D eigenvalue weighted by molar-refractivity contribution is 0.386. The number of para-hydroxylation sites is 1. The molecule has 1 aromatic rings. The predicted molar refractivity (Wildman–Crippen MR) is 91.7 cm³/mol. The van der Waals surface area contributed by atoms with Crippen molar-refractivity contribution in [1.82, 2.24) is 0 Å². The summed E-state index contributed by atoms with van der Waals surface area (Å²) < 4.78 is 6.06. The van der Waals surface area contributed by atoms with Crippen molar-refractivity contribution in [2.45, 2.75) is 48.5 Å². The molecule has 1 aromatic carbocycles. The average molecular weight is 287 g/mol. The first-order valence-corrected chi connectivity index (χ1v) is 7.81. The summed E-state index contributed by atoms with van der Waals surface area (Å²) in [6.45, 7) is 15.2. The van der Waals surface area contributed by atoms with E-state index < -0.39 is 0 Å². The molecule has 0 aromatic heterocycles. The van der Waals surface area contributed by atoms with E-state index in [1.54, 1.807) is 0 Å². The van der Waals surface area contributed by atoms with Gasteiger partial charge in [-0.1, -0.05) is 52.8 Å². The number of ether oxygens (including phenoxy) is 1. The largest absolute Gasteiger partial charge is 0.439 e. The molecule has 0 amide bonds. The highest BCUT2D eigenvalue weighted by molar-refractivity contribution is 5.84. The highest BCUT2D eigenvalue weighted by Gasteiger charge is 2.16. The molecule has 1 unspecified atom stereocenters. The lowest BCUT2D eigenvalue weighted by Gasteiger charge is -2.19. The van der Waals surface area contributed by atoms with Gasteiger partial charge < -0.3 is 4.74 Å². The van der Waals surface area contributed by atoms with Gasteiger partial charge in [-0.3, -0.25) is 0 Å². The summed E-state index contributed by atoms with van der Waals surface area (Å²) in [6.07, 6.45) is 0. The molecule has 0 aliphatic carbocycles. The van der Waals surface area contributed by atoms with Crippen molar-refractivity contribution in [2.75, 3.05) is 0 Å². The Hall–Kier alpha value is -1.57. The standard InChI is InChI=1S/C19H29NO/c1-13(2)15(5)16(6)19(20-17(7)14(3)4)21-18-11-9-8-10-12-18/h8-15H,1-7H3/b19-16-,20-17+. The van der Waals surface area contributed by atoms with Gasteiger partial charge in [0.05, 0.1) is 0 Å². The van der Waals surface area contributed by atoms with Crippen LogP contribution in [-0.2, 0) is 0 Å². The lowest BCUT2D eigenvalue weighted by atomic mass is 9.91. The van der Waals surface area contributed by atoms with Crippen molar-refractivity contribution < 1.29 is 4.74 Å². The minimum atomic E-state index is 0.418. The molecule has 2 nitrogen and oxygen atoms in total. The molecule has 0 N–H and O–H groups in total. The van der Waals surface area contributed by atoms with E-state index in [0.29, 0.717) is 17.8 Å². The molecular formula is C19H29NO.